The Hall–Kier alpha value is -1.14. The average molecular weight is 132 g/mol. The molecule has 6 nitrogen and oxygen atoms in total. The molecule has 0 radical (unpaired) electrons. The van der Waals surface area contributed by atoms with Crippen LogP contribution in [0, 0.1) is 0 Å². The summed E-state index contributed by atoms with van der Waals surface area (Å²) in [5.41, 5.74) is 6.59. The minimum Gasteiger partial charge on any atom is -0.279 e. The molecule has 0 aliphatic carbocycles. The zero-order valence-corrected chi connectivity index (χ0v) is 4.92. The zero-order valence-electron chi connectivity index (χ0n) is 4.92. The van der Waals surface area contributed by atoms with E-state index in [9.17, 15) is 9.59 Å². The average Bonchev–Trinajstić information content (AvgIpc) is 1.89. The van der Waals surface area contributed by atoms with Crippen molar-refractivity contribution in [3.63, 3.8) is 0 Å². The summed E-state index contributed by atoms with van der Waals surface area (Å²) >= 11 is 0. The van der Waals surface area contributed by atoms with Crippen LogP contribution in [0.3, 0.4) is 0 Å². The molecule has 0 atom stereocenters. The van der Waals surface area contributed by atoms with Crippen molar-refractivity contribution >= 4 is 12.8 Å². The van der Waals surface area contributed by atoms with E-state index in [2.05, 4.69) is 16.5 Å². The highest BCUT2D eigenvalue weighted by Crippen LogP contribution is 1.54. The predicted molar refractivity (Wildman–Crippen MR) is 29.3 cm³/mol. The van der Waals surface area contributed by atoms with E-state index in [1.807, 2.05) is 0 Å². The first-order valence-corrected chi connectivity index (χ1v) is 2.19. The van der Waals surface area contributed by atoms with Crippen molar-refractivity contribution in [1.29, 1.82) is 0 Å². The van der Waals surface area contributed by atoms with Crippen molar-refractivity contribution < 1.29 is 9.59 Å². The third-order valence-corrected chi connectivity index (χ3v) is 0.521. The maximum absolute atomic E-state index is 9.81. The van der Waals surface area contributed by atoms with Gasteiger partial charge in [0.1, 0.15) is 0 Å². The van der Waals surface area contributed by atoms with Gasteiger partial charge < -0.3 is 0 Å². The number of nitrogens with zero attached hydrogens (tertiary/aromatic N) is 1. The topological polar surface area (TPSA) is 73.5 Å². The summed E-state index contributed by atoms with van der Waals surface area (Å²) < 4.78 is 0. The molecule has 0 heterocycles. The molecule has 3 N–H and O–H groups in total. The van der Waals surface area contributed by atoms with Gasteiger partial charge in [0, 0.05) is 7.05 Å². The van der Waals surface area contributed by atoms with Crippen LogP contribution in [0.5, 0.6) is 0 Å². The number of rotatable bonds is 5. The van der Waals surface area contributed by atoms with Crippen molar-refractivity contribution in [2.75, 3.05) is 7.05 Å². The maximum atomic E-state index is 9.81. The highest BCUT2D eigenvalue weighted by atomic mass is 16.2. The fourth-order valence-electron chi connectivity index (χ4n) is 0.176. The molecule has 0 aromatic heterocycles. The van der Waals surface area contributed by atoms with Crippen LogP contribution in [0.15, 0.2) is 0 Å². The van der Waals surface area contributed by atoms with Gasteiger partial charge in [-0.2, -0.15) is 5.53 Å². The lowest BCUT2D eigenvalue weighted by atomic mass is 11.1. The molecule has 52 valence electrons. The number of hydrazine groups is 3. The summed E-state index contributed by atoms with van der Waals surface area (Å²) in [6, 6.07) is 0. The van der Waals surface area contributed by atoms with Gasteiger partial charge in [0.2, 0.25) is 12.8 Å². The first-order chi connectivity index (χ1) is 4.31. The second-order valence-corrected chi connectivity index (χ2v) is 1.22. The van der Waals surface area contributed by atoms with Gasteiger partial charge in [-0.15, -0.1) is 5.53 Å². The van der Waals surface area contributed by atoms with Crippen molar-refractivity contribution in [1.82, 2.24) is 21.5 Å². The van der Waals surface area contributed by atoms with E-state index in [4.69, 9.17) is 0 Å². The summed E-state index contributed by atoms with van der Waals surface area (Å²) in [5.74, 6) is 0. The summed E-state index contributed by atoms with van der Waals surface area (Å²) in [6.07, 6.45) is 0.977. The maximum Gasteiger partial charge on any atom is 0.224 e. The molecule has 0 aromatic carbocycles. The molecule has 0 aromatic rings. The van der Waals surface area contributed by atoms with Crippen molar-refractivity contribution in [2.24, 2.45) is 0 Å². The summed E-state index contributed by atoms with van der Waals surface area (Å²) in [6.45, 7) is 0. The fraction of sp³-hybridized carbons (Fsp3) is 0.333. The third-order valence-electron chi connectivity index (χ3n) is 0.521. The lowest BCUT2D eigenvalue weighted by Crippen LogP contribution is -2.50. The van der Waals surface area contributed by atoms with Crippen LogP contribution >= 0.6 is 0 Å². The van der Waals surface area contributed by atoms with Crippen molar-refractivity contribution in [3.8, 4) is 0 Å². The second kappa shape index (κ2) is 5.01. The lowest BCUT2D eigenvalue weighted by Gasteiger charge is -2.11. The third kappa shape index (κ3) is 4.72. The van der Waals surface area contributed by atoms with E-state index in [0.717, 1.165) is 5.01 Å². The SMILES string of the molecule is CN(C=O)NNNC=O. The first kappa shape index (κ1) is 7.86. The normalized spacial score (nSPS) is 8.11. The number of amides is 2. The fourth-order valence-corrected chi connectivity index (χ4v) is 0.176. The molecule has 0 aliphatic rings. The van der Waals surface area contributed by atoms with Crippen LogP contribution in [0.2, 0.25) is 0 Å². The molecule has 0 fully saturated rings. The van der Waals surface area contributed by atoms with E-state index in [1.54, 1.807) is 0 Å². The zero-order chi connectivity index (χ0) is 7.11. The second-order valence-electron chi connectivity index (χ2n) is 1.22. The number of hydrogen-bond acceptors (Lipinski definition) is 4. The van der Waals surface area contributed by atoms with Crippen LogP contribution in [0.4, 0.5) is 0 Å². The number of carbonyl (C=O) groups is 2. The van der Waals surface area contributed by atoms with E-state index in [1.165, 1.54) is 7.05 Å². The molecular weight excluding hydrogens is 124 g/mol. The van der Waals surface area contributed by atoms with Crippen LogP contribution in [-0.4, -0.2) is 24.9 Å². The molecule has 0 saturated heterocycles. The predicted octanol–water partition coefficient (Wildman–Crippen LogP) is -2.26. The van der Waals surface area contributed by atoms with Crippen LogP contribution in [0.1, 0.15) is 0 Å². The minimum atomic E-state index is 0.436. The Morgan fingerprint density at radius 1 is 1.44 bits per heavy atom. The quantitative estimate of drug-likeness (QED) is 0.224. The number of hydrogen-bond donors (Lipinski definition) is 3. The van der Waals surface area contributed by atoms with E-state index < -0.39 is 0 Å². The number of nitrogens with one attached hydrogen (secondary N) is 3. The molecule has 0 aliphatic heterocycles. The molecule has 6 heteroatoms. The number of carbonyl (C=O) groups excluding carboxylic acids is 2. The highest BCUT2D eigenvalue weighted by molar-refractivity contribution is 5.46. The van der Waals surface area contributed by atoms with Gasteiger partial charge in [-0.3, -0.25) is 20.0 Å². The molecule has 9 heavy (non-hydrogen) atoms. The highest BCUT2D eigenvalue weighted by Gasteiger charge is 1.84. The van der Waals surface area contributed by atoms with Gasteiger partial charge in [0.15, 0.2) is 0 Å². The van der Waals surface area contributed by atoms with E-state index in [-0.39, 0.29) is 0 Å². The smallest absolute Gasteiger partial charge is 0.224 e. The van der Waals surface area contributed by atoms with Gasteiger partial charge in [-0.05, 0) is 0 Å². The van der Waals surface area contributed by atoms with Crippen molar-refractivity contribution in [3.05, 3.63) is 0 Å². The standard InChI is InChI=1S/C3H8N4O2/c1-7(3-9)6-5-4-2-8/h2-3,5-6H,1H3,(H,4,8). The van der Waals surface area contributed by atoms with Crippen LogP contribution < -0.4 is 16.5 Å². The Morgan fingerprint density at radius 2 is 2.11 bits per heavy atom. The minimum absolute atomic E-state index is 0.436. The monoisotopic (exact) mass is 132 g/mol. The molecule has 0 rings (SSSR count). The molecule has 0 saturated carbocycles. The van der Waals surface area contributed by atoms with Gasteiger partial charge in [-0.25, -0.2) is 0 Å². The Morgan fingerprint density at radius 3 is 2.56 bits per heavy atom. The Labute approximate surface area is 52.1 Å². The summed E-state index contributed by atoms with van der Waals surface area (Å²) in [4.78, 5) is 19.4. The lowest BCUT2D eigenvalue weighted by molar-refractivity contribution is -0.121. The van der Waals surface area contributed by atoms with Gasteiger partial charge >= 0.3 is 0 Å². The van der Waals surface area contributed by atoms with Gasteiger partial charge in [-0.1, -0.05) is 0 Å². The van der Waals surface area contributed by atoms with Gasteiger partial charge in [0.25, 0.3) is 0 Å². The molecule has 0 spiro atoms. The summed E-state index contributed by atoms with van der Waals surface area (Å²) in [7, 11) is 1.48. The molecule has 0 unspecified atom stereocenters. The summed E-state index contributed by atoms with van der Waals surface area (Å²) in [5, 5.41) is 1.09. The van der Waals surface area contributed by atoms with Crippen molar-refractivity contribution in [2.45, 2.75) is 0 Å². The Kier molecular flexibility index (Phi) is 4.37. The van der Waals surface area contributed by atoms with E-state index >= 15 is 0 Å². The Bertz CT molecular complexity index is 95.8. The molecule has 2 amide bonds. The van der Waals surface area contributed by atoms with Crippen LogP contribution in [0.25, 0.3) is 0 Å². The Balaban J connectivity index is 3.05. The first-order valence-electron chi connectivity index (χ1n) is 2.19. The molecule has 0 bridgehead atoms. The van der Waals surface area contributed by atoms with E-state index in [0.29, 0.717) is 12.8 Å². The molecular formula is C3H8N4O2. The van der Waals surface area contributed by atoms with Crippen LogP contribution in [-0.2, 0) is 9.59 Å². The largest absolute Gasteiger partial charge is 0.279 e. The van der Waals surface area contributed by atoms with Gasteiger partial charge in [0.05, 0.1) is 0 Å².